The first-order valence-electron chi connectivity index (χ1n) is 7.08. The van der Waals surface area contributed by atoms with E-state index in [1.54, 1.807) is 0 Å². The predicted molar refractivity (Wildman–Crippen MR) is 82.9 cm³/mol. The molecule has 1 aliphatic heterocycles. The molecule has 110 valence electrons. The number of fused-ring (bicyclic) bond motifs is 1. The van der Waals surface area contributed by atoms with Crippen molar-refractivity contribution in [2.45, 2.75) is 19.3 Å². The molecule has 0 fully saturated rings. The van der Waals surface area contributed by atoms with Crippen LogP contribution in [0.4, 0.5) is 5.69 Å². The Balaban J connectivity index is 1.58. The number of hydrogen-bond acceptors (Lipinski definition) is 3. The molecule has 0 spiro atoms. The minimum Gasteiger partial charge on any atom is -0.382 e. The zero-order chi connectivity index (χ0) is 14.7. The van der Waals surface area contributed by atoms with Gasteiger partial charge in [0.05, 0.1) is 11.4 Å². The molecule has 0 saturated heterocycles. The summed E-state index contributed by atoms with van der Waals surface area (Å²) in [6.07, 6.45) is 2.74. The molecule has 21 heavy (non-hydrogen) atoms. The van der Waals surface area contributed by atoms with E-state index >= 15 is 0 Å². The van der Waals surface area contributed by atoms with E-state index in [0.717, 1.165) is 42.8 Å². The van der Waals surface area contributed by atoms with Gasteiger partial charge in [-0.05, 0) is 37.0 Å². The molecule has 0 saturated carbocycles. The van der Waals surface area contributed by atoms with Crippen molar-refractivity contribution in [2.75, 3.05) is 18.4 Å². The van der Waals surface area contributed by atoms with E-state index in [1.807, 2.05) is 24.3 Å². The van der Waals surface area contributed by atoms with Crippen LogP contribution >= 0.6 is 11.6 Å². The highest BCUT2D eigenvalue weighted by molar-refractivity contribution is 6.30. The molecular formula is C15H17ClN4O. The minimum absolute atomic E-state index is 0.149. The van der Waals surface area contributed by atoms with Crippen LogP contribution < -0.4 is 10.6 Å². The highest BCUT2D eigenvalue weighted by Crippen LogP contribution is 2.23. The Morgan fingerprint density at radius 3 is 3.19 bits per heavy atom. The number of aromatic nitrogens is 2. The number of rotatable bonds is 4. The summed E-state index contributed by atoms with van der Waals surface area (Å²) in [4.78, 5) is 12.2. The Labute approximate surface area is 128 Å². The quantitative estimate of drug-likeness (QED) is 0.812. The van der Waals surface area contributed by atoms with Crippen molar-refractivity contribution < 1.29 is 4.79 Å². The Morgan fingerprint density at radius 1 is 1.43 bits per heavy atom. The van der Waals surface area contributed by atoms with E-state index in [2.05, 4.69) is 20.8 Å². The summed E-state index contributed by atoms with van der Waals surface area (Å²) in [6, 6.07) is 7.65. The van der Waals surface area contributed by atoms with E-state index in [1.165, 1.54) is 0 Å². The van der Waals surface area contributed by atoms with Gasteiger partial charge in [0.2, 0.25) is 0 Å². The van der Waals surface area contributed by atoms with Crippen molar-refractivity contribution in [1.29, 1.82) is 0 Å². The van der Waals surface area contributed by atoms with Crippen molar-refractivity contribution in [3.05, 3.63) is 46.2 Å². The van der Waals surface area contributed by atoms with Gasteiger partial charge in [-0.1, -0.05) is 23.7 Å². The minimum atomic E-state index is -0.149. The molecule has 0 unspecified atom stereocenters. The fourth-order valence-corrected chi connectivity index (χ4v) is 2.70. The number of anilines is 1. The zero-order valence-electron chi connectivity index (χ0n) is 11.6. The van der Waals surface area contributed by atoms with Crippen molar-refractivity contribution in [1.82, 2.24) is 15.5 Å². The summed E-state index contributed by atoms with van der Waals surface area (Å²) in [6.45, 7) is 1.44. The normalized spacial score (nSPS) is 13.4. The van der Waals surface area contributed by atoms with Gasteiger partial charge < -0.3 is 10.6 Å². The molecule has 0 radical (unpaired) electrons. The first-order valence-corrected chi connectivity index (χ1v) is 7.45. The van der Waals surface area contributed by atoms with Gasteiger partial charge in [-0.25, -0.2) is 0 Å². The summed E-state index contributed by atoms with van der Waals surface area (Å²) in [7, 11) is 0. The SMILES string of the molecule is O=C(NCCc1cccc(Cl)c1)c1n[nH]c2c1NCCC2. The summed E-state index contributed by atoms with van der Waals surface area (Å²) < 4.78 is 0. The maximum Gasteiger partial charge on any atom is 0.273 e. The molecule has 6 heteroatoms. The van der Waals surface area contributed by atoms with Gasteiger partial charge in [0.1, 0.15) is 0 Å². The summed E-state index contributed by atoms with van der Waals surface area (Å²) in [5, 5.41) is 13.9. The smallest absolute Gasteiger partial charge is 0.273 e. The third-order valence-electron chi connectivity index (χ3n) is 3.55. The second-order valence-electron chi connectivity index (χ2n) is 5.09. The molecule has 0 atom stereocenters. The van der Waals surface area contributed by atoms with Gasteiger partial charge in [-0.15, -0.1) is 0 Å². The van der Waals surface area contributed by atoms with Crippen LogP contribution in [0.15, 0.2) is 24.3 Å². The summed E-state index contributed by atoms with van der Waals surface area (Å²) in [5.74, 6) is -0.149. The van der Waals surface area contributed by atoms with Crippen LogP contribution in [0.2, 0.25) is 5.02 Å². The van der Waals surface area contributed by atoms with Crippen LogP contribution in [0.5, 0.6) is 0 Å². The average Bonchev–Trinajstić information content (AvgIpc) is 2.91. The standard InChI is InChI=1S/C15H17ClN4O/c16-11-4-1-3-10(9-11)6-8-18-15(21)14-13-12(19-20-14)5-2-7-17-13/h1,3-4,9,17H,2,5-8H2,(H,18,21)(H,19,20). The Hall–Kier alpha value is -2.01. The third-order valence-corrected chi connectivity index (χ3v) is 3.79. The number of carbonyl (C=O) groups is 1. The van der Waals surface area contributed by atoms with E-state index in [9.17, 15) is 4.79 Å². The summed E-state index contributed by atoms with van der Waals surface area (Å²) >= 11 is 5.94. The highest BCUT2D eigenvalue weighted by Gasteiger charge is 2.21. The molecule has 1 aromatic carbocycles. The molecule has 3 N–H and O–H groups in total. The fraction of sp³-hybridized carbons (Fsp3) is 0.333. The van der Waals surface area contributed by atoms with Crippen LogP contribution in [-0.4, -0.2) is 29.2 Å². The first-order chi connectivity index (χ1) is 10.2. The molecular weight excluding hydrogens is 288 g/mol. The topological polar surface area (TPSA) is 69.8 Å². The largest absolute Gasteiger partial charge is 0.382 e. The number of nitrogens with zero attached hydrogens (tertiary/aromatic N) is 1. The highest BCUT2D eigenvalue weighted by atomic mass is 35.5. The van der Waals surface area contributed by atoms with Crippen molar-refractivity contribution in [2.24, 2.45) is 0 Å². The van der Waals surface area contributed by atoms with Gasteiger partial charge in [0.25, 0.3) is 5.91 Å². The van der Waals surface area contributed by atoms with Gasteiger partial charge in [-0.3, -0.25) is 9.89 Å². The molecule has 3 rings (SSSR count). The molecule has 1 amide bonds. The van der Waals surface area contributed by atoms with Crippen molar-refractivity contribution >= 4 is 23.2 Å². The number of aryl methyl sites for hydroxylation is 1. The number of amides is 1. The van der Waals surface area contributed by atoms with Crippen molar-refractivity contribution in [3.8, 4) is 0 Å². The van der Waals surface area contributed by atoms with Gasteiger partial charge in [-0.2, -0.15) is 5.10 Å². The van der Waals surface area contributed by atoms with Crippen LogP contribution in [0, 0.1) is 0 Å². The van der Waals surface area contributed by atoms with Crippen LogP contribution in [0.1, 0.15) is 28.2 Å². The summed E-state index contributed by atoms with van der Waals surface area (Å²) in [5.41, 5.74) is 3.42. The van der Waals surface area contributed by atoms with Crippen LogP contribution in [0.3, 0.4) is 0 Å². The van der Waals surface area contributed by atoms with E-state index in [0.29, 0.717) is 17.3 Å². The molecule has 0 bridgehead atoms. The second-order valence-corrected chi connectivity index (χ2v) is 5.53. The maximum atomic E-state index is 12.2. The number of halogens is 1. The first kappa shape index (κ1) is 13.9. The number of H-pyrrole nitrogens is 1. The number of aromatic amines is 1. The maximum absolute atomic E-state index is 12.2. The van der Waals surface area contributed by atoms with E-state index in [4.69, 9.17) is 11.6 Å². The lowest BCUT2D eigenvalue weighted by atomic mass is 10.1. The Bertz CT molecular complexity index is 653. The molecule has 2 heterocycles. The Morgan fingerprint density at radius 2 is 2.33 bits per heavy atom. The predicted octanol–water partition coefficient (Wildman–Crippen LogP) is 2.39. The average molecular weight is 305 g/mol. The molecule has 1 aliphatic rings. The lowest BCUT2D eigenvalue weighted by Gasteiger charge is -2.13. The monoisotopic (exact) mass is 304 g/mol. The van der Waals surface area contributed by atoms with Crippen LogP contribution in [0.25, 0.3) is 0 Å². The third kappa shape index (κ3) is 3.19. The number of hydrogen-bond donors (Lipinski definition) is 3. The Kier molecular flexibility index (Phi) is 4.10. The van der Waals surface area contributed by atoms with E-state index in [-0.39, 0.29) is 5.91 Å². The lowest BCUT2D eigenvalue weighted by Crippen LogP contribution is -2.27. The molecule has 5 nitrogen and oxygen atoms in total. The second kappa shape index (κ2) is 6.18. The number of carbonyl (C=O) groups excluding carboxylic acids is 1. The molecule has 2 aromatic rings. The molecule has 0 aliphatic carbocycles. The van der Waals surface area contributed by atoms with Crippen LogP contribution in [-0.2, 0) is 12.8 Å². The zero-order valence-corrected chi connectivity index (χ0v) is 12.3. The lowest BCUT2D eigenvalue weighted by molar-refractivity contribution is 0.0950. The molecule has 1 aromatic heterocycles. The van der Waals surface area contributed by atoms with Gasteiger partial charge in [0.15, 0.2) is 5.69 Å². The van der Waals surface area contributed by atoms with E-state index < -0.39 is 0 Å². The van der Waals surface area contributed by atoms with Gasteiger partial charge >= 0.3 is 0 Å². The number of nitrogens with one attached hydrogen (secondary N) is 3. The van der Waals surface area contributed by atoms with Crippen molar-refractivity contribution in [3.63, 3.8) is 0 Å². The number of benzene rings is 1. The van der Waals surface area contributed by atoms with Gasteiger partial charge in [0, 0.05) is 18.1 Å². The fourth-order valence-electron chi connectivity index (χ4n) is 2.49.